The second-order valence-corrected chi connectivity index (χ2v) is 19.1. The summed E-state index contributed by atoms with van der Waals surface area (Å²) in [6.07, 6.45) is 0.127. The van der Waals surface area contributed by atoms with Crippen molar-refractivity contribution in [1.29, 1.82) is 0 Å². The van der Waals surface area contributed by atoms with Gasteiger partial charge in [-0.3, -0.25) is 4.79 Å². The second kappa shape index (κ2) is 17.0. The smallest absolute Gasteiger partial charge is 0.359 e. The Labute approximate surface area is 266 Å². The quantitative estimate of drug-likeness (QED) is 0.0636. The number of halogens is 2. The molecule has 8 nitrogen and oxygen atoms in total. The van der Waals surface area contributed by atoms with E-state index < -0.39 is 31.9 Å². The summed E-state index contributed by atoms with van der Waals surface area (Å²) in [6, 6.07) is 15.2. The highest BCUT2D eigenvalue weighted by molar-refractivity contribution is 9.11. The number of rotatable bonds is 17. The molecule has 1 amide bonds. The molecule has 0 N–H and O–H groups in total. The molecule has 234 valence electrons. The van der Waals surface area contributed by atoms with E-state index in [-0.39, 0.29) is 31.2 Å². The summed E-state index contributed by atoms with van der Waals surface area (Å²) in [7, 11) is 0.117. The van der Waals surface area contributed by atoms with Crippen LogP contribution in [0.2, 0.25) is 25.7 Å². The summed E-state index contributed by atoms with van der Waals surface area (Å²) < 4.78 is 37.8. The maximum atomic E-state index is 15.3. The number of aromatic nitrogens is 1. The lowest BCUT2D eigenvalue weighted by molar-refractivity contribution is -0.156. The Morgan fingerprint density at radius 3 is 2.53 bits per heavy atom. The molecule has 0 saturated carbocycles. The molecule has 3 aromatic rings. The van der Waals surface area contributed by atoms with Crippen LogP contribution in [0.25, 0.3) is 0 Å². The van der Waals surface area contributed by atoms with Crippen LogP contribution in [0.3, 0.4) is 0 Å². The maximum absolute atomic E-state index is 15.3. The van der Waals surface area contributed by atoms with Gasteiger partial charge in [0.15, 0.2) is 11.8 Å². The lowest BCUT2D eigenvalue weighted by atomic mass is 10.1. The van der Waals surface area contributed by atoms with E-state index in [1.807, 2.05) is 30.3 Å². The van der Waals surface area contributed by atoms with Crippen LogP contribution in [-0.2, 0) is 32.0 Å². The van der Waals surface area contributed by atoms with Gasteiger partial charge in [-0.05, 0) is 59.4 Å². The standard InChI is InChI=1S/C31H40BrFN2O6SSi/c1-6-40-31(37)27-29(32)42-26(34-27)20-35(16-10-13-22-11-8-7-9-12-22)30(36)28(41-21-39-17-18-43(3,4)5)24-15-14-23(38-2)19-25(24)33/h7-9,11-12,14-15,19,28H,6,10,13,16-18,20-21H2,1-5H3/t28-/m1/s1. The zero-order chi connectivity index (χ0) is 31.4. The van der Waals surface area contributed by atoms with Gasteiger partial charge in [0, 0.05) is 32.9 Å². The highest BCUT2D eigenvalue weighted by Crippen LogP contribution is 2.30. The van der Waals surface area contributed by atoms with E-state index in [0.29, 0.717) is 34.1 Å². The molecule has 0 aliphatic rings. The van der Waals surface area contributed by atoms with Crippen LogP contribution in [0.15, 0.2) is 52.3 Å². The van der Waals surface area contributed by atoms with Crippen molar-refractivity contribution in [2.75, 3.05) is 33.7 Å². The van der Waals surface area contributed by atoms with Gasteiger partial charge in [-0.25, -0.2) is 14.2 Å². The van der Waals surface area contributed by atoms with Crippen LogP contribution < -0.4 is 4.74 Å². The van der Waals surface area contributed by atoms with Gasteiger partial charge in [-0.2, -0.15) is 0 Å². The van der Waals surface area contributed by atoms with E-state index in [1.54, 1.807) is 17.9 Å². The normalized spacial score (nSPS) is 12.2. The predicted octanol–water partition coefficient (Wildman–Crippen LogP) is 7.26. The van der Waals surface area contributed by atoms with Crippen LogP contribution in [0.4, 0.5) is 4.39 Å². The molecule has 0 spiro atoms. The Kier molecular flexibility index (Phi) is 13.8. The monoisotopic (exact) mass is 694 g/mol. The first-order valence-electron chi connectivity index (χ1n) is 14.2. The number of hydrogen-bond acceptors (Lipinski definition) is 8. The van der Waals surface area contributed by atoms with Crippen LogP contribution in [0.5, 0.6) is 5.75 Å². The zero-order valence-corrected chi connectivity index (χ0v) is 28.8. The van der Waals surface area contributed by atoms with Gasteiger partial charge >= 0.3 is 5.97 Å². The Morgan fingerprint density at radius 2 is 1.88 bits per heavy atom. The van der Waals surface area contributed by atoms with Gasteiger partial charge in [-0.15, -0.1) is 11.3 Å². The molecule has 1 aromatic heterocycles. The zero-order valence-electron chi connectivity index (χ0n) is 25.4. The van der Waals surface area contributed by atoms with Gasteiger partial charge in [-0.1, -0.05) is 50.0 Å². The fraction of sp³-hybridized carbons (Fsp3) is 0.452. The van der Waals surface area contributed by atoms with E-state index in [4.69, 9.17) is 18.9 Å². The van der Waals surface area contributed by atoms with Gasteiger partial charge in [0.05, 0.1) is 20.3 Å². The Balaban J connectivity index is 1.88. The second-order valence-electron chi connectivity index (χ2n) is 11.1. The average Bonchev–Trinajstić information content (AvgIpc) is 3.34. The summed E-state index contributed by atoms with van der Waals surface area (Å²) in [6.45, 7) is 9.45. The minimum atomic E-state index is -1.33. The van der Waals surface area contributed by atoms with E-state index in [0.717, 1.165) is 18.0 Å². The summed E-state index contributed by atoms with van der Waals surface area (Å²) in [4.78, 5) is 32.6. The molecule has 0 aliphatic heterocycles. The van der Waals surface area contributed by atoms with Crippen molar-refractivity contribution in [3.8, 4) is 5.75 Å². The van der Waals surface area contributed by atoms with Crippen molar-refractivity contribution in [3.63, 3.8) is 0 Å². The number of carbonyl (C=O) groups is 2. The molecular formula is C31H40BrFN2O6SSi. The minimum absolute atomic E-state index is 0.0835. The first-order valence-corrected chi connectivity index (χ1v) is 19.5. The molecule has 0 fully saturated rings. The summed E-state index contributed by atoms with van der Waals surface area (Å²) in [5.41, 5.74) is 1.38. The average molecular weight is 696 g/mol. The molecule has 3 rings (SSSR count). The molecular weight excluding hydrogens is 655 g/mol. The number of methoxy groups -OCH3 is 1. The fourth-order valence-electron chi connectivity index (χ4n) is 4.15. The Bertz CT molecular complexity index is 1340. The SMILES string of the molecule is CCOC(=O)c1nc(CN(CCCc2ccccc2)C(=O)[C@H](OCOCC[Si](C)(C)C)c2ccc(OC)cc2F)sc1Br. The number of hydrogen-bond donors (Lipinski definition) is 0. The van der Waals surface area contributed by atoms with Crippen molar-refractivity contribution >= 4 is 47.2 Å². The van der Waals surface area contributed by atoms with Gasteiger partial charge in [0.25, 0.3) is 5.91 Å². The highest BCUT2D eigenvalue weighted by Gasteiger charge is 2.31. The number of carbonyl (C=O) groups excluding carboxylic acids is 2. The van der Waals surface area contributed by atoms with E-state index in [2.05, 4.69) is 40.6 Å². The van der Waals surface area contributed by atoms with Crippen LogP contribution in [-0.4, -0.2) is 63.5 Å². The highest BCUT2D eigenvalue weighted by atomic mass is 79.9. The molecule has 2 aromatic carbocycles. The Morgan fingerprint density at radius 1 is 1.14 bits per heavy atom. The number of aryl methyl sites for hydroxylation is 1. The number of ether oxygens (including phenoxy) is 4. The third-order valence-corrected chi connectivity index (χ3v) is 9.90. The van der Waals surface area contributed by atoms with Crippen molar-refractivity contribution in [3.05, 3.63) is 80.0 Å². The lowest BCUT2D eigenvalue weighted by Gasteiger charge is -2.27. The van der Waals surface area contributed by atoms with E-state index >= 15 is 4.39 Å². The maximum Gasteiger partial charge on any atom is 0.359 e. The van der Waals surface area contributed by atoms with E-state index in [1.165, 1.54) is 30.6 Å². The molecule has 1 atom stereocenters. The summed E-state index contributed by atoms with van der Waals surface area (Å²) in [5.74, 6) is -1.27. The van der Waals surface area contributed by atoms with Gasteiger partial charge < -0.3 is 23.8 Å². The molecule has 0 bridgehead atoms. The van der Waals surface area contributed by atoms with Crippen molar-refractivity contribution in [1.82, 2.24) is 9.88 Å². The van der Waals surface area contributed by atoms with Crippen LogP contribution >= 0.6 is 27.3 Å². The third kappa shape index (κ3) is 11.1. The fourth-order valence-corrected chi connectivity index (χ4v) is 6.50. The number of amides is 1. The topological polar surface area (TPSA) is 87.2 Å². The Hall–Kier alpha value is -2.64. The van der Waals surface area contributed by atoms with Gasteiger partial charge in [0.1, 0.15) is 27.2 Å². The van der Waals surface area contributed by atoms with Crippen LogP contribution in [0.1, 0.15) is 46.1 Å². The van der Waals surface area contributed by atoms with Crippen molar-refractivity contribution in [2.24, 2.45) is 0 Å². The molecule has 0 radical (unpaired) electrons. The molecule has 12 heteroatoms. The predicted molar refractivity (Wildman–Crippen MR) is 172 cm³/mol. The van der Waals surface area contributed by atoms with Crippen LogP contribution in [0, 0.1) is 5.82 Å². The molecule has 1 heterocycles. The molecule has 0 saturated heterocycles. The minimum Gasteiger partial charge on any atom is -0.497 e. The van der Waals surface area contributed by atoms with Crippen molar-refractivity contribution in [2.45, 2.75) is 58.1 Å². The third-order valence-electron chi connectivity index (χ3n) is 6.50. The van der Waals surface area contributed by atoms with E-state index in [9.17, 15) is 9.59 Å². The lowest BCUT2D eigenvalue weighted by Crippen LogP contribution is -2.37. The molecule has 0 unspecified atom stereocenters. The number of nitrogens with zero attached hydrogens (tertiary/aromatic N) is 2. The van der Waals surface area contributed by atoms with Crippen molar-refractivity contribution < 1.29 is 32.9 Å². The molecule has 43 heavy (non-hydrogen) atoms. The number of thiazole rings is 1. The number of esters is 1. The summed E-state index contributed by atoms with van der Waals surface area (Å²) in [5, 5.41) is 0.531. The largest absolute Gasteiger partial charge is 0.497 e. The first-order chi connectivity index (χ1) is 20.5. The molecule has 0 aliphatic carbocycles. The number of benzene rings is 2. The summed E-state index contributed by atoms with van der Waals surface area (Å²) >= 11 is 4.65. The first kappa shape index (κ1) is 34.8. The van der Waals surface area contributed by atoms with Gasteiger partial charge in [0.2, 0.25) is 0 Å².